The average molecular weight is 214 g/mol. The minimum atomic E-state index is -0.195. The van der Waals surface area contributed by atoms with Crippen LogP contribution in [0.25, 0.3) is 0 Å². The predicted molar refractivity (Wildman–Crippen MR) is 56.3 cm³/mol. The minimum absolute atomic E-state index is 0.0484. The van der Waals surface area contributed by atoms with E-state index in [9.17, 15) is 4.79 Å². The molecule has 0 radical (unpaired) electrons. The molecule has 0 aromatic carbocycles. The Balaban J connectivity index is 2.29. The lowest BCUT2D eigenvalue weighted by Gasteiger charge is -2.20. The molecule has 0 spiro atoms. The number of hydrogen-bond acceptors (Lipinski definition) is 5. The summed E-state index contributed by atoms with van der Waals surface area (Å²) in [5, 5.41) is 6.38. The first kappa shape index (κ1) is 10.9. The van der Waals surface area contributed by atoms with Crippen molar-refractivity contribution in [1.29, 1.82) is 0 Å². The van der Waals surface area contributed by atoms with Crippen molar-refractivity contribution >= 4 is 22.6 Å². The number of nitrogens with zero attached hydrogens (tertiary/aromatic N) is 2. The van der Waals surface area contributed by atoms with E-state index in [1.165, 1.54) is 17.9 Å². The third-order valence-corrected chi connectivity index (χ3v) is 1.90. The Morgan fingerprint density at radius 2 is 2.29 bits per heavy atom. The van der Waals surface area contributed by atoms with Gasteiger partial charge in [0.15, 0.2) is 0 Å². The Kier molecular flexibility index (Phi) is 3.40. The molecule has 1 heterocycles. The number of carbonyl (C=O) groups is 1. The van der Waals surface area contributed by atoms with E-state index in [1.807, 2.05) is 20.8 Å². The Labute approximate surface area is 87.1 Å². The van der Waals surface area contributed by atoms with Crippen LogP contribution in [-0.4, -0.2) is 27.3 Å². The second-order valence-electron chi connectivity index (χ2n) is 3.90. The van der Waals surface area contributed by atoms with Crippen LogP contribution in [0.2, 0.25) is 0 Å². The first-order valence-electron chi connectivity index (χ1n) is 4.29. The van der Waals surface area contributed by atoms with Crippen LogP contribution in [-0.2, 0) is 4.79 Å². The van der Waals surface area contributed by atoms with Gasteiger partial charge in [0, 0.05) is 17.1 Å². The van der Waals surface area contributed by atoms with E-state index >= 15 is 0 Å². The maximum absolute atomic E-state index is 11.3. The zero-order chi connectivity index (χ0) is 10.6. The van der Waals surface area contributed by atoms with Gasteiger partial charge in [-0.25, -0.2) is 4.98 Å². The summed E-state index contributed by atoms with van der Waals surface area (Å²) in [7, 11) is 0. The predicted octanol–water partition coefficient (Wildman–Crippen LogP) is 0.865. The lowest BCUT2D eigenvalue weighted by Crippen LogP contribution is -2.43. The zero-order valence-corrected chi connectivity index (χ0v) is 9.31. The number of hydrogen-bond donors (Lipinski definition) is 2. The van der Waals surface area contributed by atoms with E-state index in [1.54, 1.807) is 0 Å². The molecule has 6 heteroatoms. The fourth-order valence-corrected chi connectivity index (χ4v) is 1.29. The zero-order valence-electron chi connectivity index (χ0n) is 8.50. The number of amides is 1. The molecule has 0 aliphatic carbocycles. The molecule has 1 aromatic rings. The highest BCUT2D eigenvalue weighted by Crippen LogP contribution is 2.05. The van der Waals surface area contributed by atoms with Crippen LogP contribution in [0.1, 0.15) is 20.8 Å². The summed E-state index contributed by atoms with van der Waals surface area (Å²) in [6, 6.07) is 0. The lowest BCUT2D eigenvalue weighted by atomic mass is 10.1. The Morgan fingerprint density at radius 1 is 1.57 bits per heavy atom. The molecule has 14 heavy (non-hydrogen) atoms. The van der Waals surface area contributed by atoms with Crippen LogP contribution in [0.3, 0.4) is 0 Å². The van der Waals surface area contributed by atoms with E-state index < -0.39 is 0 Å². The van der Waals surface area contributed by atoms with Crippen molar-refractivity contribution in [3.05, 3.63) is 6.33 Å². The van der Waals surface area contributed by atoms with Crippen LogP contribution in [0.4, 0.5) is 5.13 Å². The fourth-order valence-electron chi connectivity index (χ4n) is 0.869. The normalized spacial score (nSPS) is 11.1. The standard InChI is InChI=1S/C8H14N4OS/c1-8(2,3)12-6(13)4-9-7-10-5-11-14-7/h5H,4H2,1-3H3,(H,12,13)(H,9,10,11). The summed E-state index contributed by atoms with van der Waals surface area (Å²) in [6.07, 6.45) is 1.45. The Bertz CT molecular complexity index is 291. The van der Waals surface area contributed by atoms with Crippen molar-refractivity contribution in [3.8, 4) is 0 Å². The van der Waals surface area contributed by atoms with Crippen molar-refractivity contribution in [3.63, 3.8) is 0 Å². The van der Waals surface area contributed by atoms with Crippen molar-refractivity contribution in [2.24, 2.45) is 0 Å². The maximum atomic E-state index is 11.3. The van der Waals surface area contributed by atoms with Gasteiger partial charge in [-0.2, -0.15) is 4.37 Å². The molecular formula is C8H14N4OS. The summed E-state index contributed by atoms with van der Waals surface area (Å²) in [6.45, 7) is 6.05. The topological polar surface area (TPSA) is 66.9 Å². The highest BCUT2D eigenvalue weighted by atomic mass is 32.1. The van der Waals surface area contributed by atoms with Gasteiger partial charge in [0.1, 0.15) is 6.33 Å². The van der Waals surface area contributed by atoms with Gasteiger partial charge >= 0.3 is 0 Å². The van der Waals surface area contributed by atoms with Crippen LogP contribution >= 0.6 is 11.5 Å². The molecule has 0 atom stereocenters. The van der Waals surface area contributed by atoms with E-state index in [4.69, 9.17) is 0 Å². The van der Waals surface area contributed by atoms with Crippen molar-refractivity contribution < 1.29 is 4.79 Å². The van der Waals surface area contributed by atoms with Crippen LogP contribution in [0, 0.1) is 0 Å². The van der Waals surface area contributed by atoms with Crippen LogP contribution in [0.5, 0.6) is 0 Å². The summed E-state index contributed by atoms with van der Waals surface area (Å²) in [5.41, 5.74) is -0.195. The molecule has 5 nitrogen and oxygen atoms in total. The summed E-state index contributed by atoms with van der Waals surface area (Å²) in [4.78, 5) is 15.2. The smallest absolute Gasteiger partial charge is 0.239 e. The minimum Gasteiger partial charge on any atom is -0.351 e. The van der Waals surface area contributed by atoms with Gasteiger partial charge in [-0.05, 0) is 20.8 Å². The molecule has 1 amide bonds. The summed E-state index contributed by atoms with van der Waals surface area (Å²) >= 11 is 1.23. The summed E-state index contributed by atoms with van der Waals surface area (Å²) in [5.74, 6) is -0.0484. The van der Waals surface area contributed by atoms with Gasteiger partial charge < -0.3 is 10.6 Å². The first-order valence-corrected chi connectivity index (χ1v) is 5.06. The van der Waals surface area contributed by atoms with Gasteiger partial charge in [-0.3, -0.25) is 4.79 Å². The van der Waals surface area contributed by atoms with Crippen molar-refractivity contribution in [1.82, 2.24) is 14.7 Å². The molecule has 1 aromatic heterocycles. The summed E-state index contributed by atoms with van der Waals surface area (Å²) < 4.78 is 3.81. The molecule has 78 valence electrons. The molecule has 0 bridgehead atoms. The van der Waals surface area contributed by atoms with Gasteiger partial charge in [0.05, 0.1) is 6.54 Å². The van der Waals surface area contributed by atoms with Crippen molar-refractivity contribution in [2.75, 3.05) is 11.9 Å². The van der Waals surface area contributed by atoms with E-state index in [0.717, 1.165) is 0 Å². The number of rotatable bonds is 3. The van der Waals surface area contributed by atoms with Gasteiger partial charge in [0.25, 0.3) is 0 Å². The average Bonchev–Trinajstić information content (AvgIpc) is 2.49. The largest absolute Gasteiger partial charge is 0.351 e. The van der Waals surface area contributed by atoms with E-state index in [-0.39, 0.29) is 18.0 Å². The Morgan fingerprint density at radius 3 is 2.79 bits per heavy atom. The Hall–Kier alpha value is -1.17. The van der Waals surface area contributed by atoms with E-state index in [2.05, 4.69) is 20.0 Å². The highest BCUT2D eigenvalue weighted by molar-refractivity contribution is 7.09. The number of nitrogens with one attached hydrogen (secondary N) is 2. The second kappa shape index (κ2) is 4.36. The third kappa shape index (κ3) is 4.18. The molecule has 1 rings (SSSR count). The quantitative estimate of drug-likeness (QED) is 0.783. The van der Waals surface area contributed by atoms with Crippen LogP contribution in [0.15, 0.2) is 6.33 Å². The van der Waals surface area contributed by atoms with Gasteiger partial charge in [-0.1, -0.05) is 0 Å². The molecule has 2 N–H and O–H groups in total. The first-order chi connectivity index (χ1) is 6.47. The SMILES string of the molecule is CC(C)(C)NC(=O)CNc1ncns1. The molecule has 0 saturated heterocycles. The molecule has 0 unspecified atom stereocenters. The number of aromatic nitrogens is 2. The number of anilines is 1. The molecule has 0 saturated carbocycles. The second-order valence-corrected chi connectivity index (χ2v) is 4.68. The third-order valence-electron chi connectivity index (χ3n) is 1.28. The highest BCUT2D eigenvalue weighted by Gasteiger charge is 2.13. The molecule has 0 aliphatic heterocycles. The van der Waals surface area contributed by atoms with Gasteiger partial charge in [0.2, 0.25) is 11.0 Å². The fraction of sp³-hybridized carbons (Fsp3) is 0.625. The number of carbonyl (C=O) groups excluding carboxylic acids is 1. The monoisotopic (exact) mass is 214 g/mol. The molecule has 0 aliphatic rings. The lowest BCUT2D eigenvalue weighted by molar-refractivity contribution is -0.120. The molecular weight excluding hydrogens is 200 g/mol. The van der Waals surface area contributed by atoms with Gasteiger partial charge in [-0.15, -0.1) is 0 Å². The van der Waals surface area contributed by atoms with Crippen molar-refractivity contribution in [2.45, 2.75) is 26.3 Å². The van der Waals surface area contributed by atoms with E-state index in [0.29, 0.717) is 5.13 Å². The maximum Gasteiger partial charge on any atom is 0.239 e. The molecule has 0 fully saturated rings. The van der Waals surface area contributed by atoms with Crippen LogP contribution < -0.4 is 10.6 Å².